The maximum absolute atomic E-state index is 12.1. The third kappa shape index (κ3) is 6.27. The van der Waals surface area contributed by atoms with Crippen molar-refractivity contribution in [3.8, 4) is 5.75 Å². The standard InChI is InChI=1S/C21H27N3O3/c25-20-7-3-4-17(14-20)8-9-22-21(26)23-15-18-5-1-2-6-19(18)16-24-10-12-27-13-11-24/h1-7,14,25H,8-13,15-16H2,(H2,22,23,26). The topological polar surface area (TPSA) is 73.8 Å². The van der Waals surface area contributed by atoms with E-state index >= 15 is 0 Å². The summed E-state index contributed by atoms with van der Waals surface area (Å²) >= 11 is 0. The Labute approximate surface area is 160 Å². The summed E-state index contributed by atoms with van der Waals surface area (Å²) in [6, 6.07) is 15.1. The van der Waals surface area contributed by atoms with Crippen LogP contribution >= 0.6 is 0 Å². The predicted molar refractivity (Wildman–Crippen MR) is 105 cm³/mol. The van der Waals surface area contributed by atoms with Gasteiger partial charge in [0.2, 0.25) is 0 Å². The summed E-state index contributed by atoms with van der Waals surface area (Å²) in [5.74, 6) is 0.244. The Morgan fingerprint density at radius 2 is 1.81 bits per heavy atom. The predicted octanol–water partition coefficient (Wildman–Crippen LogP) is 2.27. The Kier molecular flexibility index (Phi) is 7.07. The highest BCUT2D eigenvalue weighted by atomic mass is 16.5. The van der Waals surface area contributed by atoms with Gasteiger partial charge in [-0.15, -0.1) is 0 Å². The van der Waals surface area contributed by atoms with Crippen molar-refractivity contribution in [3.05, 3.63) is 65.2 Å². The smallest absolute Gasteiger partial charge is 0.315 e. The zero-order valence-corrected chi connectivity index (χ0v) is 15.5. The number of phenols is 1. The van der Waals surface area contributed by atoms with Crippen LogP contribution in [0.4, 0.5) is 4.79 Å². The van der Waals surface area contributed by atoms with Crippen molar-refractivity contribution >= 4 is 6.03 Å². The highest BCUT2D eigenvalue weighted by Crippen LogP contribution is 2.13. The van der Waals surface area contributed by atoms with E-state index in [0.29, 0.717) is 19.5 Å². The second kappa shape index (κ2) is 9.94. The minimum atomic E-state index is -0.184. The molecule has 0 aromatic heterocycles. The number of urea groups is 1. The quantitative estimate of drug-likeness (QED) is 0.700. The molecule has 0 spiro atoms. The maximum Gasteiger partial charge on any atom is 0.315 e. The van der Waals surface area contributed by atoms with Gasteiger partial charge in [0.05, 0.1) is 13.2 Å². The van der Waals surface area contributed by atoms with Crippen LogP contribution in [-0.4, -0.2) is 48.9 Å². The van der Waals surface area contributed by atoms with Crippen LogP contribution in [0, 0.1) is 0 Å². The molecule has 6 heteroatoms. The van der Waals surface area contributed by atoms with E-state index < -0.39 is 0 Å². The molecule has 1 aliphatic rings. The van der Waals surface area contributed by atoms with E-state index in [1.807, 2.05) is 18.2 Å². The zero-order valence-electron chi connectivity index (χ0n) is 15.5. The number of benzene rings is 2. The molecule has 0 bridgehead atoms. The third-order valence-corrected chi connectivity index (χ3v) is 4.67. The highest BCUT2D eigenvalue weighted by Gasteiger charge is 2.13. The van der Waals surface area contributed by atoms with Crippen LogP contribution in [-0.2, 0) is 24.2 Å². The fourth-order valence-electron chi connectivity index (χ4n) is 3.15. The maximum atomic E-state index is 12.1. The molecule has 1 heterocycles. The Bertz CT molecular complexity index is 745. The lowest BCUT2D eigenvalue weighted by molar-refractivity contribution is 0.0341. The van der Waals surface area contributed by atoms with Gasteiger partial charge in [-0.1, -0.05) is 36.4 Å². The van der Waals surface area contributed by atoms with Crippen molar-refractivity contribution in [2.24, 2.45) is 0 Å². The molecule has 2 aromatic rings. The average molecular weight is 369 g/mol. The van der Waals surface area contributed by atoms with E-state index in [4.69, 9.17) is 4.74 Å². The van der Waals surface area contributed by atoms with Crippen molar-refractivity contribution in [1.29, 1.82) is 0 Å². The molecule has 27 heavy (non-hydrogen) atoms. The van der Waals surface area contributed by atoms with E-state index in [0.717, 1.165) is 44.0 Å². The van der Waals surface area contributed by atoms with Gasteiger partial charge in [0.25, 0.3) is 0 Å². The van der Waals surface area contributed by atoms with E-state index in [-0.39, 0.29) is 11.8 Å². The summed E-state index contributed by atoms with van der Waals surface area (Å²) in [5.41, 5.74) is 3.36. The molecule has 3 N–H and O–H groups in total. The number of phenolic OH excluding ortho intramolecular Hbond substituents is 1. The Morgan fingerprint density at radius 1 is 1.04 bits per heavy atom. The van der Waals surface area contributed by atoms with Crippen LogP contribution in [0.5, 0.6) is 5.75 Å². The number of hydrogen-bond donors (Lipinski definition) is 3. The number of morpholine rings is 1. The summed E-state index contributed by atoms with van der Waals surface area (Å²) < 4.78 is 5.40. The summed E-state index contributed by atoms with van der Waals surface area (Å²) in [6.07, 6.45) is 0.676. The summed E-state index contributed by atoms with van der Waals surface area (Å²) in [6.45, 7) is 5.34. The van der Waals surface area contributed by atoms with Gasteiger partial charge in [0, 0.05) is 32.7 Å². The second-order valence-corrected chi connectivity index (χ2v) is 6.69. The minimum Gasteiger partial charge on any atom is -0.508 e. The first kappa shape index (κ1) is 19.2. The van der Waals surface area contributed by atoms with Crippen LogP contribution in [0.15, 0.2) is 48.5 Å². The molecule has 3 rings (SSSR count). The number of nitrogens with one attached hydrogen (secondary N) is 2. The summed E-state index contributed by atoms with van der Waals surface area (Å²) in [4.78, 5) is 14.4. The Hall–Kier alpha value is -2.57. The van der Waals surface area contributed by atoms with E-state index in [1.165, 1.54) is 5.56 Å². The SMILES string of the molecule is O=C(NCCc1cccc(O)c1)NCc1ccccc1CN1CCOCC1. The van der Waals surface area contributed by atoms with Crippen LogP contribution < -0.4 is 10.6 Å². The van der Waals surface area contributed by atoms with Crippen LogP contribution in [0.2, 0.25) is 0 Å². The summed E-state index contributed by atoms with van der Waals surface area (Å²) in [5, 5.41) is 15.3. The molecule has 1 aliphatic heterocycles. The molecule has 6 nitrogen and oxygen atoms in total. The fourth-order valence-corrected chi connectivity index (χ4v) is 3.15. The molecule has 0 unspecified atom stereocenters. The number of aromatic hydroxyl groups is 1. The normalized spacial score (nSPS) is 14.7. The van der Waals surface area contributed by atoms with E-state index in [1.54, 1.807) is 18.2 Å². The van der Waals surface area contributed by atoms with Gasteiger partial charge in [-0.05, 0) is 35.2 Å². The first-order valence-corrected chi connectivity index (χ1v) is 9.37. The third-order valence-electron chi connectivity index (χ3n) is 4.67. The monoisotopic (exact) mass is 369 g/mol. The molecular formula is C21H27N3O3. The van der Waals surface area contributed by atoms with Crippen molar-refractivity contribution < 1.29 is 14.6 Å². The van der Waals surface area contributed by atoms with Crippen LogP contribution in [0.3, 0.4) is 0 Å². The average Bonchev–Trinajstić information content (AvgIpc) is 2.68. The van der Waals surface area contributed by atoms with Crippen LogP contribution in [0.25, 0.3) is 0 Å². The Morgan fingerprint density at radius 3 is 2.59 bits per heavy atom. The van der Waals surface area contributed by atoms with Gasteiger partial charge >= 0.3 is 6.03 Å². The van der Waals surface area contributed by atoms with Gasteiger partial charge in [0.15, 0.2) is 0 Å². The Balaban J connectivity index is 1.44. The molecule has 1 saturated heterocycles. The molecule has 144 valence electrons. The largest absolute Gasteiger partial charge is 0.508 e. The van der Waals surface area contributed by atoms with Gasteiger partial charge in [-0.2, -0.15) is 0 Å². The molecule has 2 amide bonds. The van der Waals surface area contributed by atoms with Gasteiger partial charge in [-0.25, -0.2) is 4.79 Å². The lowest BCUT2D eigenvalue weighted by Gasteiger charge is -2.27. The minimum absolute atomic E-state index is 0.184. The van der Waals surface area contributed by atoms with Crippen molar-refractivity contribution in [2.45, 2.75) is 19.5 Å². The number of rotatable bonds is 7. The lowest BCUT2D eigenvalue weighted by Crippen LogP contribution is -2.37. The molecule has 0 radical (unpaired) electrons. The molecule has 0 aliphatic carbocycles. The van der Waals surface area contributed by atoms with Crippen LogP contribution in [0.1, 0.15) is 16.7 Å². The number of ether oxygens (including phenoxy) is 1. The highest BCUT2D eigenvalue weighted by molar-refractivity contribution is 5.73. The number of nitrogens with zero attached hydrogens (tertiary/aromatic N) is 1. The van der Waals surface area contributed by atoms with Gasteiger partial charge in [-0.3, -0.25) is 4.90 Å². The number of amides is 2. The first-order chi connectivity index (χ1) is 13.2. The molecule has 0 atom stereocenters. The second-order valence-electron chi connectivity index (χ2n) is 6.69. The molecule has 0 saturated carbocycles. The van der Waals surface area contributed by atoms with Gasteiger partial charge < -0.3 is 20.5 Å². The molecule has 2 aromatic carbocycles. The summed E-state index contributed by atoms with van der Waals surface area (Å²) in [7, 11) is 0. The van der Waals surface area contributed by atoms with Crippen molar-refractivity contribution in [1.82, 2.24) is 15.5 Å². The van der Waals surface area contributed by atoms with Crippen molar-refractivity contribution in [3.63, 3.8) is 0 Å². The fraction of sp³-hybridized carbons (Fsp3) is 0.381. The molecule has 1 fully saturated rings. The van der Waals surface area contributed by atoms with Crippen molar-refractivity contribution in [2.75, 3.05) is 32.8 Å². The number of hydrogen-bond acceptors (Lipinski definition) is 4. The van der Waals surface area contributed by atoms with Gasteiger partial charge in [0.1, 0.15) is 5.75 Å². The number of carbonyl (C=O) groups excluding carboxylic acids is 1. The molecular weight excluding hydrogens is 342 g/mol. The lowest BCUT2D eigenvalue weighted by atomic mass is 10.1. The zero-order chi connectivity index (χ0) is 18.9. The first-order valence-electron chi connectivity index (χ1n) is 9.37. The number of carbonyl (C=O) groups is 1. The van der Waals surface area contributed by atoms with E-state index in [2.05, 4.69) is 27.7 Å². The van der Waals surface area contributed by atoms with E-state index in [9.17, 15) is 9.90 Å².